The van der Waals surface area contributed by atoms with Crippen molar-refractivity contribution in [2.75, 3.05) is 26.2 Å². The van der Waals surface area contributed by atoms with Crippen LogP contribution in [0.25, 0.3) is 0 Å². The van der Waals surface area contributed by atoms with Crippen molar-refractivity contribution in [1.82, 2.24) is 10.2 Å². The van der Waals surface area contributed by atoms with Crippen molar-refractivity contribution in [3.05, 3.63) is 27.7 Å². The zero-order valence-electron chi connectivity index (χ0n) is 11.0. The third kappa shape index (κ3) is 3.25. The van der Waals surface area contributed by atoms with Crippen molar-refractivity contribution < 1.29 is 5.11 Å². The highest BCUT2D eigenvalue weighted by Crippen LogP contribution is 2.32. The van der Waals surface area contributed by atoms with Gasteiger partial charge in [-0.25, -0.2) is 0 Å². The van der Waals surface area contributed by atoms with E-state index in [2.05, 4.69) is 46.1 Å². The molecular formula is C14H21BrN2O. The molecule has 100 valence electrons. The van der Waals surface area contributed by atoms with E-state index in [0.717, 1.165) is 42.8 Å². The van der Waals surface area contributed by atoms with Crippen LogP contribution in [0.3, 0.4) is 0 Å². The molecule has 0 aliphatic carbocycles. The topological polar surface area (TPSA) is 35.5 Å². The summed E-state index contributed by atoms with van der Waals surface area (Å²) >= 11 is 3.45. The van der Waals surface area contributed by atoms with Crippen LogP contribution in [0.2, 0.25) is 0 Å². The first-order valence-electron chi connectivity index (χ1n) is 6.52. The number of rotatable bonds is 3. The first kappa shape index (κ1) is 13.8. The fourth-order valence-corrected chi connectivity index (χ4v) is 2.76. The number of hydrogen-bond donors (Lipinski definition) is 2. The number of phenols is 1. The molecule has 3 nitrogen and oxygen atoms in total. The molecule has 2 rings (SSSR count). The maximum atomic E-state index is 10.1. The summed E-state index contributed by atoms with van der Waals surface area (Å²) in [6, 6.07) is 4.15. The predicted molar refractivity (Wildman–Crippen MR) is 78.0 cm³/mol. The molecule has 0 amide bonds. The van der Waals surface area contributed by atoms with Gasteiger partial charge in [-0.1, -0.05) is 19.9 Å². The Morgan fingerprint density at radius 1 is 1.33 bits per heavy atom. The molecule has 1 aliphatic heterocycles. The van der Waals surface area contributed by atoms with E-state index >= 15 is 0 Å². The van der Waals surface area contributed by atoms with Gasteiger partial charge < -0.3 is 10.4 Å². The van der Waals surface area contributed by atoms with Gasteiger partial charge in [0.05, 0.1) is 4.47 Å². The third-order valence-corrected chi connectivity index (χ3v) is 4.04. The summed E-state index contributed by atoms with van der Waals surface area (Å²) in [5.41, 5.74) is 2.29. The van der Waals surface area contributed by atoms with Gasteiger partial charge in [0, 0.05) is 38.3 Å². The highest BCUT2D eigenvalue weighted by Gasteiger charge is 2.15. The molecule has 1 aromatic rings. The highest BCUT2D eigenvalue weighted by molar-refractivity contribution is 9.10. The first-order chi connectivity index (χ1) is 8.58. The van der Waals surface area contributed by atoms with Crippen LogP contribution in [-0.2, 0) is 6.54 Å². The zero-order chi connectivity index (χ0) is 13.1. The molecule has 0 atom stereocenters. The van der Waals surface area contributed by atoms with Crippen molar-refractivity contribution >= 4 is 15.9 Å². The van der Waals surface area contributed by atoms with Crippen LogP contribution in [0.1, 0.15) is 30.9 Å². The van der Waals surface area contributed by atoms with Crippen LogP contribution in [0.15, 0.2) is 16.6 Å². The lowest BCUT2D eigenvalue weighted by Crippen LogP contribution is -2.42. The summed E-state index contributed by atoms with van der Waals surface area (Å²) < 4.78 is 0.804. The van der Waals surface area contributed by atoms with Crippen LogP contribution in [0.4, 0.5) is 0 Å². The maximum Gasteiger partial charge on any atom is 0.134 e. The molecule has 0 radical (unpaired) electrons. The SMILES string of the molecule is CC(C)c1cc(Br)c(O)c(CN2CCNCC2)c1. The second kappa shape index (κ2) is 6.04. The van der Waals surface area contributed by atoms with Gasteiger partial charge in [-0.2, -0.15) is 0 Å². The molecule has 1 aromatic carbocycles. The molecule has 0 saturated carbocycles. The Balaban J connectivity index is 2.19. The first-order valence-corrected chi connectivity index (χ1v) is 7.31. The number of phenolic OH excluding ortho intramolecular Hbond substituents is 1. The number of piperazine rings is 1. The van der Waals surface area contributed by atoms with Gasteiger partial charge in [-0.05, 0) is 33.5 Å². The average molecular weight is 313 g/mol. The van der Waals surface area contributed by atoms with Gasteiger partial charge in [0.25, 0.3) is 0 Å². The predicted octanol–water partition coefficient (Wildman–Crippen LogP) is 2.68. The largest absolute Gasteiger partial charge is 0.506 e. The van der Waals surface area contributed by atoms with Gasteiger partial charge in [0.2, 0.25) is 0 Å². The summed E-state index contributed by atoms with van der Waals surface area (Å²) in [6.45, 7) is 9.33. The zero-order valence-corrected chi connectivity index (χ0v) is 12.6. The quantitative estimate of drug-likeness (QED) is 0.901. The fourth-order valence-electron chi connectivity index (χ4n) is 2.24. The molecule has 18 heavy (non-hydrogen) atoms. The Hall–Kier alpha value is -0.580. The molecule has 1 fully saturated rings. The van der Waals surface area contributed by atoms with Gasteiger partial charge in [-0.15, -0.1) is 0 Å². The maximum absolute atomic E-state index is 10.1. The second-order valence-corrected chi connectivity index (χ2v) is 6.05. The minimum atomic E-state index is 0.387. The van der Waals surface area contributed by atoms with Gasteiger partial charge >= 0.3 is 0 Å². The molecule has 0 bridgehead atoms. The normalized spacial score (nSPS) is 17.3. The Kier molecular flexibility index (Phi) is 4.65. The van der Waals surface area contributed by atoms with E-state index in [9.17, 15) is 5.11 Å². The van der Waals surface area contributed by atoms with Crippen LogP contribution >= 0.6 is 15.9 Å². The number of halogens is 1. The molecule has 0 aromatic heterocycles. The number of benzene rings is 1. The smallest absolute Gasteiger partial charge is 0.134 e. The fraction of sp³-hybridized carbons (Fsp3) is 0.571. The van der Waals surface area contributed by atoms with Crippen molar-refractivity contribution in [2.45, 2.75) is 26.3 Å². The number of nitrogens with one attached hydrogen (secondary N) is 1. The van der Waals surface area contributed by atoms with E-state index in [-0.39, 0.29) is 0 Å². The molecule has 0 spiro atoms. The van der Waals surface area contributed by atoms with Crippen LogP contribution < -0.4 is 5.32 Å². The Morgan fingerprint density at radius 2 is 2.00 bits per heavy atom. The lowest BCUT2D eigenvalue weighted by atomic mass is 10.00. The highest BCUT2D eigenvalue weighted by atomic mass is 79.9. The summed E-state index contributed by atoms with van der Waals surface area (Å²) in [7, 11) is 0. The summed E-state index contributed by atoms with van der Waals surface area (Å²) in [6.07, 6.45) is 0. The summed E-state index contributed by atoms with van der Waals surface area (Å²) in [5.74, 6) is 0.863. The lowest BCUT2D eigenvalue weighted by molar-refractivity contribution is 0.230. The van der Waals surface area contributed by atoms with Crippen molar-refractivity contribution in [2.24, 2.45) is 0 Å². The number of hydrogen-bond acceptors (Lipinski definition) is 3. The molecular weight excluding hydrogens is 292 g/mol. The van der Waals surface area contributed by atoms with Crippen molar-refractivity contribution in [3.63, 3.8) is 0 Å². The molecule has 1 aliphatic rings. The van der Waals surface area contributed by atoms with Gasteiger partial charge in [0.15, 0.2) is 0 Å². The van der Waals surface area contributed by atoms with Crippen LogP contribution in [0, 0.1) is 0 Å². The molecule has 4 heteroatoms. The van der Waals surface area contributed by atoms with E-state index in [1.54, 1.807) is 0 Å². The van der Waals surface area contributed by atoms with Crippen LogP contribution in [0.5, 0.6) is 5.75 Å². The van der Waals surface area contributed by atoms with E-state index < -0.39 is 0 Å². The van der Waals surface area contributed by atoms with Crippen molar-refractivity contribution in [3.8, 4) is 5.75 Å². The standard InChI is InChI=1S/C14H21BrN2O/c1-10(2)11-7-12(14(18)13(15)8-11)9-17-5-3-16-4-6-17/h7-8,10,16,18H,3-6,9H2,1-2H3. The average Bonchev–Trinajstić information content (AvgIpc) is 2.35. The summed E-state index contributed by atoms with van der Waals surface area (Å²) in [4.78, 5) is 2.38. The van der Waals surface area contributed by atoms with E-state index in [0.29, 0.717) is 11.7 Å². The molecule has 1 saturated heterocycles. The lowest BCUT2D eigenvalue weighted by Gasteiger charge is -2.27. The van der Waals surface area contributed by atoms with E-state index in [1.165, 1.54) is 5.56 Å². The minimum absolute atomic E-state index is 0.387. The number of aromatic hydroxyl groups is 1. The molecule has 2 N–H and O–H groups in total. The second-order valence-electron chi connectivity index (χ2n) is 5.19. The molecule has 0 unspecified atom stereocenters. The van der Waals surface area contributed by atoms with E-state index in [4.69, 9.17) is 0 Å². The Bertz CT molecular complexity index is 415. The minimum Gasteiger partial charge on any atom is -0.506 e. The summed E-state index contributed by atoms with van der Waals surface area (Å²) in [5, 5.41) is 13.5. The van der Waals surface area contributed by atoms with Gasteiger partial charge in [-0.3, -0.25) is 4.90 Å². The monoisotopic (exact) mass is 312 g/mol. The number of nitrogens with zero attached hydrogens (tertiary/aromatic N) is 1. The van der Waals surface area contributed by atoms with Crippen molar-refractivity contribution in [1.29, 1.82) is 0 Å². The molecule has 1 heterocycles. The third-order valence-electron chi connectivity index (χ3n) is 3.43. The van der Waals surface area contributed by atoms with Gasteiger partial charge in [0.1, 0.15) is 5.75 Å². The van der Waals surface area contributed by atoms with Crippen LogP contribution in [-0.4, -0.2) is 36.2 Å². The Labute approximate surface area is 117 Å². The Morgan fingerprint density at radius 3 is 2.61 bits per heavy atom. The van der Waals surface area contributed by atoms with E-state index in [1.807, 2.05) is 6.07 Å².